The van der Waals surface area contributed by atoms with Gasteiger partial charge in [0.2, 0.25) is 0 Å². The summed E-state index contributed by atoms with van der Waals surface area (Å²) in [5.74, 6) is 0. The molecule has 0 atom stereocenters. The average Bonchev–Trinajstić information content (AvgIpc) is 2.82. The molecule has 1 saturated carbocycles. The quantitative estimate of drug-likeness (QED) is 0.647. The second-order valence-corrected chi connectivity index (χ2v) is 6.52. The maximum atomic E-state index is 4.37. The summed E-state index contributed by atoms with van der Waals surface area (Å²) in [6, 6.07) is 0. The van der Waals surface area contributed by atoms with E-state index in [1.807, 2.05) is 6.20 Å². The molecule has 0 bridgehead atoms. The molecule has 1 nitrogen and oxygen atoms in total. The first-order valence-electron chi connectivity index (χ1n) is 5.52. The van der Waals surface area contributed by atoms with Crippen molar-refractivity contribution in [2.45, 2.75) is 38.5 Å². The number of halogens is 2. The minimum absolute atomic E-state index is 0.580. The Hall–Kier alpha value is 0.110. The Morgan fingerprint density at radius 3 is 2.40 bits per heavy atom. The van der Waals surface area contributed by atoms with Crippen LogP contribution in [0.25, 0.3) is 0 Å². The molecule has 1 aromatic rings. The van der Waals surface area contributed by atoms with Gasteiger partial charge in [0, 0.05) is 10.7 Å². The maximum absolute atomic E-state index is 4.37. The van der Waals surface area contributed by atoms with Gasteiger partial charge in [0.05, 0.1) is 0 Å². The van der Waals surface area contributed by atoms with Crippen molar-refractivity contribution in [2.75, 3.05) is 0 Å². The van der Waals surface area contributed by atoms with E-state index in [0.717, 1.165) is 4.60 Å². The molecule has 0 N–H and O–H groups in total. The molecule has 2 aliphatic rings. The van der Waals surface area contributed by atoms with Gasteiger partial charge in [-0.15, -0.1) is 0 Å². The Kier molecular flexibility index (Phi) is 2.44. The molecule has 1 fully saturated rings. The fourth-order valence-electron chi connectivity index (χ4n) is 3.20. The minimum Gasteiger partial charge on any atom is -0.248 e. The van der Waals surface area contributed by atoms with Crippen LogP contribution in [0.2, 0.25) is 0 Å². The van der Waals surface area contributed by atoms with E-state index in [9.17, 15) is 0 Å². The zero-order valence-electron chi connectivity index (χ0n) is 8.52. The summed E-state index contributed by atoms with van der Waals surface area (Å²) < 4.78 is 2.26. The fourth-order valence-corrected chi connectivity index (χ4v) is 4.16. The average molecular weight is 331 g/mol. The first-order valence-corrected chi connectivity index (χ1v) is 7.11. The van der Waals surface area contributed by atoms with E-state index >= 15 is 0 Å². The first-order chi connectivity index (χ1) is 7.20. The molecular weight excluding hydrogens is 318 g/mol. The molecule has 3 rings (SSSR count). The van der Waals surface area contributed by atoms with Crippen molar-refractivity contribution in [3.05, 3.63) is 26.4 Å². The topological polar surface area (TPSA) is 12.9 Å². The van der Waals surface area contributed by atoms with Gasteiger partial charge < -0.3 is 0 Å². The van der Waals surface area contributed by atoms with Crippen molar-refractivity contribution in [1.82, 2.24) is 4.98 Å². The summed E-state index contributed by atoms with van der Waals surface area (Å²) in [5, 5.41) is 0. The lowest BCUT2D eigenvalue weighted by Gasteiger charge is -2.21. The van der Waals surface area contributed by atoms with Crippen LogP contribution in [0.1, 0.15) is 36.8 Å². The largest absolute Gasteiger partial charge is 0.248 e. The number of aromatic nitrogens is 1. The van der Waals surface area contributed by atoms with Crippen molar-refractivity contribution in [3.63, 3.8) is 0 Å². The van der Waals surface area contributed by atoms with Gasteiger partial charge in [0.15, 0.2) is 0 Å². The number of hydrogen-bond donors (Lipinski definition) is 0. The third kappa shape index (κ3) is 1.59. The molecular formula is C12H13Br2N. The highest BCUT2D eigenvalue weighted by Gasteiger charge is 2.41. The molecule has 0 aromatic carbocycles. The van der Waals surface area contributed by atoms with E-state index in [4.69, 9.17) is 0 Å². The second kappa shape index (κ2) is 3.56. The van der Waals surface area contributed by atoms with Gasteiger partial charge in [-0.25, -0.2) is 4.98 Å². The van der Waals surface area contributed by atoms with E-state index in [1.54, 1.807) is 0 Å². The van der Waals surface area contributed by atoms with Gasteiger partial charge in [0.25, 0.3) is 0 Å². The molecule has 2 aliphatic carbocycles. The van der Waals surface area contributed by atoms with Gasteiger partial charge in [-0.1, -0.05) is 12.8 Å². The summed E-state index contributed by atoms with van der Waals surface area (Å²) in [5.41, 5.74) is 3.53. The van der Waals surface area contributed by atoms with Crippen LogP contribution in [0, 0.1) is 5.41 Å². The van der Waals surface area contributed by atoms with Crippen molar-refractivity contribution in [3.8, 4) is 0 Å². The number of rotatable bonds is 0. The Labute approximate surface area is 107 Å². The highest BCUT2D eigenvalue weighted by molar-refractivity contribution is 9.11. The number of hydrogen-bond acceptors (Lipinski definition) is 1. The third-order valence-corrected chi connectivity index (χ3v) is 5.33. The number of fused-ring (bicyclic) bond motifs is 1. The summed E-state index contributed by atoms with van der Waals surface area (Å²) in [6.07, 6.45) is 10.0. The maximum Gasteiger partial charge on any atom is 0.109 e. The van der Waals surface area contributed by atoms with Crippen molar-refractivity contribution in [1.29, 1.82) is 0 Å². The Morgan fingerprint density at radius 1 is 1.07 bits per heavy atom. The molecule has 0 unspecified atom stereocenters. The molecule has 80 valence electrons. The van der Waals surface area contributed by atoms with Crippen LogP contribution < -0.4 is 0 Å². The standard InChI is InChI=1S/C12H13Br2N/c13-10-7-15-11(14)9-6-12(5-8(9)10)3-1-2-4-12/h7H,1-6H2. The van der Waals surface area contributed by atoms with Crippen LogP contribution in [0.3, 0.4) is 0 Å². The van der Waals surface area contributed by atoms with Crippen LogP contribution >= 0.6 is 31.9 Å². The lowest BCUT2D eigenvalue weighted by atomic mass is 9.83. The zero-order chi connectivity index (χ0) is 10.5. The smallest absolute Gasteiger partial charge is 0.109 e. The minimum atomic E-state index is 0.580. The molecule has 1 spiro atoms. The fraction of sp³-hybridized carbons (Fsp3) is 0.583. The molecule has 1 aromatic heterocycles. The summed E-state index contributed by atoms with van der Waals surface area (Å²) >= 11 is 7.21. The Bertz CT molecular complexity index is 375. The molecule has 0 saturated heterocycles. The molecule has 15 heavy (non-hydrogen) atoms. The highest BCUT2D eigenvalue weighted by Crippen LogP contribution is 2.51. The van der Waals surface area contributed by atoms with Crippen LogP contribution in [-0.2, 0) is 12.8 Å². The summed E-state index contributed by atoms with van der Waals surface area (Å²) in [4.78, 5) is 4.37. The first kappa shape index (κ1) is 10.3. The van der Waals surface area contributed by atoms with Crippen molar-refractivity contribution in [2.24, 2.45) is 5.41 Å². The van der Waals surface area contributed by atoms with Gasteiger partial charge in [0.1, 0.15) is 4.60 Å². The second-order valence-electron chi connectivity index (χ2n) is 4.91. The van der Waals surface area contributed by atoms with Crippen LogP contribution in [0.5, 0.6) is 0 Å². The van der Waals surface area contributed by atoms with E-state index in [0.29, 0.717) is 5.41 Å². The van der Waals surface area contributed by atoms with Crippen molar-refractivity contribution < 1.29 is 0 Å². The normalized spacial score (nSPS) is 22.3. The molecule has 1 heterocycles. The lowest BCUT2D eigenvalue weighted by molar-refractivity contribution is 0.317. The van der Waals surface area contributed by atoms with E-state index in [2.05, 4.69) is 36.8 Å². The van der Waals surface area contributed by atoms with Gasteiger partial charge in [-0.05, 0) is 74.1 Å². The lowest BCUT2D eigenvalue weighted by Crippen LogP contribution is -2.15. The van der Waals surface area contributed by atoms with Crippen molar-refractivity contribution >= 4 is 31.9 Å². The van der Waals surface area contributed by atoms with Crippen LogP contribution in [0.15, 0.2) is 15.3 Å². The summed E-state index contributed by atoms with van der Waals surface area (Å²) in [7, 11) is 0. The van der Waals surface area contributed by atoms with Crippen LogP contribution in [0.4, 0.5) is 0 Å². The molecule has 0 amide bonds. The number of pyridine rings is 1. The van der Waals surface area contributed by atoms with E-state index in [1.165, 1.54) is 54.1 Å². The SMILES string of the molecule is Brc1cnc(Br)c2c1CC1(CCCC1)C2. The van der Waals surface area contributed by atoms with E-state index < -0.39 is 0 Å². The number of nitrogens with zero attached hydrogens (tertiary/aromatic N) is 1. The van der Waals surface area contributed by atoms with Crippen LogP contribution in [-0.4, -0.2) is 4.98 Å². The predicted octanol–water partition coefficient (Wildman–Crippen LogP) is 4.27. The van der Waals surface area contributed by atoms with Gasteiger partial charge in [-0.2, -0.15) is 0 Å². The van der Waals surface area contributed by atoms with E-state index in [-0.39, 0.29) is 0 Å². The monoisotopic (exact) mass is 329 g/mol. The van der Waals surface area contributed by atoms with Gasteiger partial charge in [-0.3, -0.25) is 0 Å². The Morgan fingerprint density at radius 2 is 1.73 bits per heavy atom. The molecule has 0 radical (unpaired) electrons. The van der Waals surface area contributed by atoms with Gasteiger partial charge >= 0.3 is 0 Å². The Balaban J connectivity index is 2.05. The highest BCUT2D eigenvalue weighted by atomic mass is 79.9. The molecule has 3 heteroatoms. The molecule has 0 aliphatic heterocycles. The zero-order valence-corrected chi connectivity index (χ0v) is 11.7. The third-order valence-electron chi connectivity index (χ3n) is 3.96. The summed E-state index contributed by atoms with van der Waals surface area (Å²) in [6.45, 7) is 0. The predicted molar refractivity (Wildman–Crippen MR) is 67.9 cm³/mol.